The van der Waals surface area contributed by atoms with Gasteiger partial charge in [0.25, 0.3) is 0 Å². The number of furan rings is 1. The van der Waals surface area contributed by atoms with E-state index in [1.165, 1.54) is 24.5 Å². The summed E-state index contributed by atoms with van der Waals surface area (Å²) in [5.41, 5.74) is -0.858. The molecule has 0 bridgehead atoms. The molecule has 2 aromatic heterocycles. The number of rotatable bonds is 5. The van der Waals surface area contributed by atoms with E-state index in [4.69, 9.17) is 4.42 Å². The number of amides is 3. The second-order valence-corrected chi connectivity index (χ2v) is 11.4. The number of thioether (sulfide) groups is 1. The standard InChI is InChI=1S/C27H17F4N3O5S2/c28-14-6-8-16(9-7-14)34-23(36)20-19(17-5-2-10-39-17)22-25(40-21(20)24(34)37)33(26(38)41-22)12-18(35)32-15-4-1-3-13(11-15)27(29,30)31/h1-11,19-21H,12H2,(H,32,35)/t19-,20?,21?/m1/s1. The van der Waals surface area contributed by atoms with E-state index in [0.717, 1.165) is 62.9 Å². The number of fused-ring (bicyclic) bond motifs is 2. The van der Waals surface area contributed by atoms with Crippen molar-refractivity contribution in [2.75, 3.05) is 10.2 Å². The van der Waals surface area contributed by atoms with Crippen LogP contribution >= 0.6 is 23.1 Å². The zero-order valence-corrected chi connectivity index (χ0v) is 22.2. The van der Waals surface area contributed by atoms with Gasteiger partial charge in [0, 0.05) is 5.69 Å². The molecule has 0 aliphatic carbocycles. The van der Waals surface area contributed by atoms with Crippen LogP contribution in [0.5, 0.6) is 0 Å². The monoisotopic (exact) mass is 603 g/mol. The molecule has 4 heterocycles. The van der Waals surface area contributed by atoms with E-state index < -0.39 is 63.8 Å². The molecule has 2 unspecified atom stereocenters. The molecule has 3 amide bonds. The van der Waals surface area contributed by atoms with Crippen LogP contribution in [0.25, 0.3) is 0 Å². The number of carbonyl (C=O) groups is 3. The van der Waals surface area contributed by atoms with Gasteiger partial charge >= 0.3 is 11.0 Å². The molecule has 0 radical (unpaired) electrons. The summed E-state index contributed by atoms with van der Waals surface area (Å²) in [6.45, 7) is -0.542. The van der Waals surface area contributed by atoms with Crippen LogP contribution in [0.4, 0.5) is 28.9 Å². The van der Waals surface area contributed by atoms with Gasteiger partial charge in [0.05, 0.1) is 39.3 Å². The Labute approximate surface area is 236 Å². The minimum atomic E-state index is -4.61. The van der Waals surface area contributed by atoms with Crippen LogP contribution in [0.1, 0.15) is 22.1 Å². The van der Waals surface area contributed by atoms with Gasteiger partial charge in [0.2, 0.25) is 17.7 Å². The summed E-state index contributed by atoms with van der Waals surface area (Å²) in [5.74, 6) is -3.84. The number of benzene rings is 2. The Bertz CT molecular complexity index is 1730. The summed E-state index contributed by atoms with van der Waals surface area (Å²) >= 11 is 1.76. The van der Waals surface area contributed by atoms with Gasteiger partial charge in [-0.2, -0.15) is 13.2 Å². The van der Waals surface area contributed by atoms with Gasteiger partial charge in [-0.25, -0.2) is 9.29 Å². The molecule has 1 N–H and O–H groups in total. The Hall–Kier alpha value is -4.17. The fraction of sp³-hybridized carbons (Fsp3) is 0.185. The van der Waals surface area contributed by atoms with Gasteiger partial charge in [-0.3, -0.25) is 23.7 Å². The molecule has 2 aliphatic rings. The van der Waals surface area contributed by atoms with Crippen LogP contribution in [0.15, 0.2) is 81.2 Å². The maximum Gasteiger partial charge on any atom is 0.416 e. The first-order valence-corrected chi connectivity index (χ1v) is 13.8. The van der Waals surface area contributed by atoms with Gasteiger partial charge in [0.15, 0.2) is 0 Å². The number of halogens is 4. The Kier molecular flexibility index (Phi) is 6.61. The summed E-state index contributed by atoms with van der Waals surface area (Å²) < 4.78 is 59.5. The predicted molar refractivity (Wildman–Crippen MR) is 141 cm³/mol. The first-order valence-electron chi connectivity index (χ1n) is 12.1. The van der Waals surface area contributed by atoms with E-state index in [1.807, 2.05) is 0 Å². The van der Waals surface area contributed by atoms with Crippen molar-refractivity contribution < 1.29 is 36.4 Å². The molecule has 0 saturated carbocycles. The smallest absolute Gasteiger partial charge is 0.416 e. The van der Waals surface area contributed by atoms with Gasteiger partial charge < -0.3 is 9.73 Å². The number of alkyl halides is 3. The number of nitrogens with one attached hydrogen (secondary N) is 1. The number of hydrogen-bond acceptors (Lipinski definition) is 7. The van der Waals surface area contributed by atoms with E-state index in [0.29, 0.717) is 10.6 Å². The number of anilines is 2. The number of nitrogens with zero attached hydrogens (tertiary/aromatic N) is 2. The van der Waals surface area contributed by atoms with Crippen molar-refractivity contribution in [3.63, 3.8) is 0 Å². The summed E-state index contributed by atoms with van der Waals surface area (Å²) in [4.78, 5) is 54.0. The van der Waals surface area contributed by atoms with Crippen LogP contribution in [0, 0.1) is 11.7 Å². The number of hydrogen-bond donors (Lipinski definition) is 1. The van der Waals surface area contributed by atoms with Crippen molar-refractivity contribution in [1.82, 2.24) is 4.57 Å². The van der Waals surface area contributed by atoms with E-state index in [1.54, 1.807) is 12.1 Å². The van der Waals surface area contributed by atoms with Crippen molar-refractivity contribution >= 4 is 52.2 Å². The first-order chi connectivity index (χ1) is 19.5. The van der Waals surface area contributed by atoms with E-state index in [9.17, 15) is 36.7 Å². The minimum Gasteiger partial charge on any atom is -0.469 e. The molecule has 210 valence electrons. The Morgan fingerprint density at radius 1 is 1.00 bits per heavy atom. The molecular formula is C27H17F4N3O5S2. The molecule has 0 spiro atoms. The largest absolute Gasteiger partial charge is 0.469 e. The first kappa shape index (κ1) is 27.0. The second kappa shape index (κ2) is 10.0. The summed E-state index contributed by atoms with van der Waals surface area (Å²) in [6.07, 6.45) is -3.21. The zero-order chi connectivity index (χ0) is 29.1. The van der Waals surface area contributed by atoms with Crippen molar-refractivity contribution in [2.45, 2.75) is 28.9 Å². The lowest BCUT2D eigenvalue weighted by molar-refractivity contribution is -0.137. The van der Waals surface area contributed by atoms with Gasteiger partial charge in [-0.05, 0) is 54.6 Å². The average Bonchev–Trinajstić information content (AvgIpc) is 3.62. The zero-order valence-electron chi connectivity index (χ0n) is 20.6. The molecule has 2 aliphatic heterocycles. The Morgan fingerprint density at radius 2 is 1.76 bits per heavy atom. The maximum absolute atomic E-state index is 13.7. The van der Waals surface area contributed by atoms with Gasteiger partial charge in [0.1, 0.15) is 23.4 Å². The number of thiazole rings is 1. The van der Waals surface area contributed by atoms with Crippen molar-refractivity contribution in [3.8, 4) is 0 Å². The van der Waals surface area contributed by atoms with Crippen LogP contribution in [-0.2, 0) is 27.1 Å². The van der Waals surface area contributed by atoms with Crippen LogP contribution in [-0.4, -0.2) is 27.5 Å². The Morgan fingerprint density at radius 3 is 2.44 bits per heavy atom. The highest BCUT2D eigenvalue weighted by atomic mass is 32.2. The molecule has 1 saturated heterocycles. The van der Waals surface area contributed by atoms with Crippen molar-refractivity contribution in [1.29, 1.82) is 0 Å². The van der Waals surface area contributed by atoms with E-state index in [-0.39, 0.29) is 16.4 Å². The SMILES string of the molecule is O=C(Cn1c2c(sc1=O)[C@H](c1ccco1)C1C(=O)N(c3ccc(F)cc3)C(=O)C1S2)Nc1cccc(C(F)(F)F)c1. The van der Waals surface area contributed by atoms with Gasteiger partial charge in [-0.1, -0.05) is 29.2 Å². The molecule has 14 heteroatoms. The van der Waals surface area contributed by atoms with Crippen LogP contribution in [0.3, 0.4) is 0 Å². The lowest BCUT2D eigenvalue weighted by atomic mass is 9.87. The molecule has 8 nitrogen and oxygen atoms in total. The summed E-state index contributed by atoms with van der Waals surface area (Å²) in [7, 11) is 0. The van der Waals surface area contributed by atoms with E-state index in [2.05, 4.69) is 5.32 Å². The molecule has 2 aromatic carbocycles. The molecular weight excluding hydrogens is 586 g/mol. The fourth-order valence-corrected chi connectivity index (χ4v) is 7.75. The topological polar surface area (TPSA) is 102 Å². The molecule has 3 atom stereocenters. The van der Waals surface area contributed by atoms with Gasteiger partial charge in [-0.15, -0.1) is 0 Å². The maximum atomic E-state index is 13.7. The number of imide groups is 1. The number of aromatic nitrogens is 1. The highest BCUT2D eigenvalue weighted by Gasteiger charge is 2.57. The Balaban J connectivity index is 1.35. The minimum absolute atomic E-state index is 0.102. The van der Waals surface area contributed by atoms with E-state index >= 15 is 0 Å². The second-order valence-electron chi connectivity index (χ2n) is 9.30. The molecule has 4 aromatic rings. The molecule has 1 fully saturated rings. The summed E-state index contributed by atoms with van der Waals surface area (Å²) in [5, 5.41) is 1.68. The molecule has 41 heavy (non-hydrogen) atoms. The third-order valence-electron chi connectivity index (χ3n) is 6.76. The van der Waals surface area contributed by atoms with Crippen LogP contribution < -0.4 is 15.1 Å². The fourth-order valence-electron chi connectivity index (χ4n) is 4.99. The quantitative estimate of drug-likeness (QED) is 0.252. The lowest BCUT2D eigenvalue weighted by Gasteiger charge is -2.29. The average molecular weight is 604 g/mol. The lowest BCUT2D eigenvalue weighted by Crippen LogP contribution is -2.32. The third-order valence-corrected chi connectivity index (χ3v) is 9.36. The normalized spacial score (nSPS) is 20.2. The van der Waals surface area contributed by atoms with Crippen molar-refractivity contribution in [2.24, 2.45) is 5.92 Å². The predicted octanol–water partition coefficient (Wildman–Crippen LogP) is 5.10. The van der Waals surface area contributed by atoms with Crippen LogP contribution in [0.2, 0.25) is 0 Å². The van der Waals surface area contributed by atoms with Crippen molar-refractivity contribution in [3.05, 3.63) is 98.6 Å². The summed E-state index contributed by atoms with van der Waals surface area (Å²) in [6, 6.07) is 12.2. The third kappa shape index (κ3) is 4.76. The molecule has 6 rings (SSSR count). The number of carbonyl (C=O) groups excluding carboxylic acids is 3. The highest BCUT2D eigenvalue weighted by molar-refractivity contribution is 8.00. The highest BCUT2D eigenvalue weighted by Crippen LogP contribution is 2.54.